The van der Waals surface area contributed by atoms with E-state index in [1.165, 1.54) is 0 Å². The van der Waals surface area contributed by atoms with Gasteiger partial charge in [-0.05, 0) is 45.1 Å². The van der Waals surface area contributed by atoms with Gasteiger partial charge >= 0.3 is 5.97 Å². The van der Waals surface area contributed by atoms with Gasteiger partial charge in [0, 0.05) is 6.54 Å². The molecule has 1 fully saturated rings. The average Bonchev–Trinajstić information content (AvgIpc) is 2.14. The molecule has 1 heterocycles. The fourth-order valence-electron chi connectivity index (χ4n) is 2.17. The Hall–Kier alpha value is -0.570. The van der Waals surface area contributed by atoms with Gasteiger partial charge in [0.1, 0.15) is 5.60 Å². The molecule has 1 N–H and O–H groups in total. The van der Waals surface area contributed by atoms with Crippen molar-refractivity contribution < 1.29 is 9.53 Å². The second-order valence-electron chi connectivity index (χ2n) is 7.19. The molecule has 1 aliphatic heterocycles. The van der Waals surface area contributed by atoms with Crippen molar-refractivity contribution in [3.8, 4) is 0 Å². The molecule has 0 aliphatic carbocycles. The van der Waals surface area contributed by atoms with Crippen molar-refractivity contribution in [2.75, 3.05) is 13.1 Å². The normalized spacial score (nSPS) is 26.7. The standard InChI is InChI=1S/C14H27NO2/c1-13(2,3)11-7-10(8-15-9-11)12(16)17-14(4,5)6/h10-11,15H,7-9H2,1-6H3/t10-,11-/m0/s1. The zero-order valence-corrected chi connectivity index (χ0v) is 12.1. The van der Waals surface area contributed by atoms with E-state index >= 15 is 0 Å². The van der Waals surface area contributed by atoms with Crippen LogP contribution in [0.25, 0.3) is 0 Å². The summed E-state index contributed by atoms with van der Waals surface area (Å²) in [6.45, 7) is 14.2. The van der Waals surface area contributed by atoms with Gasteiger partial charge in [0.05, 0.1) is 5.92 Å². The van der Waals surface area contributed by atoms with Gasteiger partial charge in [0.2, 0.25) is 0 Å². The summed E-state index contributed by atoms with van der Waals surface area (Å²) in [7, 11) is 0. The van der Waals surface area contributed by atoms with Gasteiger partial charge in [-0.1, -0.05) is 20.8 Å². The van der Waals surface area contributed by atoms with Crippen molar-refractivity contribution in [2.24, 2.45) is 17.3 Å². The molecule has 0 bridgehead atoms. The van der Waals surface area contributed by atoms with Crippen molar-refractivity contribution in [3.05, 3.63) is 0 Å². The number of carbonyl (C=O) groups is 1. The van der Waals surface area contributed by atoms with Crippen molar-refractivity contribution >= 4 is 5.97 Å². The Balaban J connectivity index is 2.58. The van der Waals surface area contributed by atoms with Crippen LogP contribution in [0.4, 0.5) is 0 Å². The molecule has 3 heteroatoms. The van der Waals surface area contributed by atoms with Gasteiger partial charge in [0.15, 0.2) is 0 Å². The highest BCUT2D eigenvalue weighted by Crippen LogP contribution is 2.33. The van der Waals surface area contributed by atoms with E-state index in [1.54, 1.807) is 0 Å². The second kappa shape index (κ2) is 4.97. The van der Waals surface area contributed by atoms with Gasteiger partial charge in [-0.25, -0.2) is 0 Å². The molecule has 1 aliphatic rings. The molecule has 0 aromatic heterocycles. The summed E-state index contributed by atoms with van der Waals surface area (Å²) < 4.78 is 5.46. The van der Waals surface area contributed by atoms with Crippen molar-refractivity contribution in [1.29, 1.82) is 0 Å². The molecule has 0 saturated carbocycles. The predicted molar refractivity (Wildman–Crippen MR) is 69.8 cm³/mol. The van der Waals surface area contributed by atoms with E-state index < -0.39 is 0 Å². The van der Waals surface area contributed by atoms with Crippen LogP contribution in [-0.4, -0.2) is 24.7 Å². The minimum atomic E-state index is -0.383. The maximum absolute atomic E-state index is 12.0. The van der Waals surface area contributed by atoms with Crippen LogP contribution in [0.3, 0.4) is 0 Å². The molecule has 17 heavy (non-hydrogen) atoms. The fraction of sp³-hybridized carbons (Fsp3) is 0.929. The molecule has 0 spiro atoms. The monoisotopic (exact) mass is 241 g/mol. The van der Waals surface area contributed by atoms with Crippen molar-refractivity contribution in [1.82, 2.24) is 5.32 Å². The van der Waals surface area contributed by atoms with Crippen LogP contribution in [0.2, 0.25) is 0 Å². The smallest absolute Gasteiger partial charge is 0.310 e. The first-order valence-electron chi connectivity index (χ1n) is 6.53. The Morgan fingerprint density at radius 3 is 2.18 bits per heavy atom. The lowest BCUT2D eigenvalue weighted by molar-refractivity contribution is -0.161. The molecule has 0 unspecified atom stereocenters. The summed E-state index contributed by atoms with van der Waals surface area (Å²) in [5.74, 6) is 0.486. The zero-order chi connectivity index (χ0) is 13.3. The molecule has 0 radical (unpaired) electrons. The molecule has 0 aromatic rings. The Labute approximate surface area is 105 Å². The zero-order valence-electron chi connectivity index (χ0n) is 12.1. The van der Waals surface area contributed by atoms with Crippen LogP contribution >= 0.6 is 0 Å². The predicted octanol–water partition coefficient (Wildman–Crippen LogP) is 2.60. The first-order valence-corrected chi connectivity index (χ1v) is 6.53. The van der Waals surface area contributed by atoms with Crippen LogP contribution in [-0.2, 0) is 9.53 Å². The third kappa shape index (κ3) is 4.66. The van der Waals surface area contributed by atoms with E-state index in [9.17, 15) is 4.79 Å². The highest BCUT2D eigenvalue weighted by molar-refractivity contribution is 5.73. The first-order chi connectivity index (χ1) is 7.59. The third-order valence-electron chi connectivity index (χ3n) is 3.32. The molecule has 1 saturated heterocycles. The summed E-state index contributed by atoms with van der Waals surface area (Å²) in [5, 5.41) is 3.36. The number of piperidine rings is 1. The minimum Gasteiger partial charge on any atom is -0.460 e. The van der Waals surface area contributed by atoms with Crippen LogP contribution < -0.4 is 5.32 Å². The van der Waals surface area contributed by atoms with Gasteiger partial charge in [-0.15, -0.1) is 0 Å². The van der Waals surface area contributed by atoms with Crippen LogP contribution in [0, 0.1) is 17.3 Å². The number of rotatable bonds is 1. The summed E-state index contributed by atoms with van der Waals surface area (Å²) in [5.41, 5.74) is -0.139. The molecular weight excluding hydrogens is 214 g/mol. The molecule has 0 amide bonds. The molecule has 100 valence electrons. The molecule has 0 aromatic carbocycles. The van der Waals surface area contributed by atoms with Gasteiger partial charge < -0.3 is 10.1 Å². The maximum Gasteiger partial charge on any atom is 0.310 e. The summed E-state index contributed by atoms with van der Waals surface area (Å²) in [6.07, 6.45) is 0.936. The molecule has 2 atom stereocenters. The topological polar surface area (TPSA) is 38.3 Å². The molecule has 3 nitrogen and oxygen atoms in total. The quantitative estimate of drug-likeness (QED) is 0.717. The Morgan fingerprint density at radius 1 is 1.12 bits per heavy atom. The lowest BCUT2D eigenvalue weighted by atomic mass is 9.74. The maximum atomic E-state index is 12.0. The van der Waals surface area contributed by atoms with Crippen molar-refractivity contribution in [2.45, 2.75) is 53.6 Å². The number of hydrogen-bond acceptors (Lipinski definition) is 3. The van der Waals surface area contributed by atoms with Gasteiger partial charge in [0.25, 0.3) is 0 Å². The Morgan fingerprint density at radius 2 is 1.71 bits per heavy atom. The van der Waals surface area contributed by atoms with Gasteiger partial charge in [-0.2, -0.15) is 0 Å². The van der Waals surface area contributed by atoms with E-state index in [0.717, 1.165) is 19.5 Å². The van der Waals surface area contributed by atoms with E-state index in [2.05, 4.69) is 26.1 Å². The lowest BCUT2D eigenvalue weighted by Gasteiger charge is -2.38. The van der Waals surface area contributed by atoms with E-state index in [1.807, 2.05) is 20.8 Å². The van der Waals surface area contributed by atoms with Gasteiger partial charge in [-0.3, -0.25) is 4.79 Å². The highest BCUT2D eigenvalue weighted by atomic mass is 16.6. The molecular formula is C14H27NO2. The summed E-state index contributed by atoms with van der Waals surface area (Å²) >= 11 is 0. The summed E-state index contributed by atoms with van der Waals surface area (Å²) in [6, 6.07) is 0. The highest BCUT2D eigenvalue weighted by Gasteiger charge is 2.35. The van der Waals surface area contributed by atoms with E-state index in [-0.39, 0.29) is 22.9 Å². The SMILES string of the molecule is CC(C)(C)OC(=O)[C@@H]1CNC[C@@H](C(C)(C)C)C1. The number of nitrogens with one attached hydrogen (secondary N) is 1. The minimum absolute atomic E-state index is 0.00667. The van der Waals surface area contributed by atoms with Crippen molar-refractivity contribution in [3.63, 3.8) is 0 Å². The van der Waals surface area contributed by atoms with E-state index in [0.29, 0.717) is 5.92 Å². The fourth-order valence-corrected chi connectivity index (χ4v) is 2.17. The largest absolute Gasteiger partial charge is 0.460 e. The second-order valence-corrected chi connectivity index (χ2v) is 7.19. The lowest BCUT2D eigenvalue weighted by Crippen LogP contribution is -2.45. The van der Waals surface area contributed by atoms with Crippen LogP contribution in [0.15, 0.2) is 0 Å². The van der Waals surface area contributed by atoms with E-state index in [4.69, 9.17) is 4.74 Å². The number of hydrogen-bond donors (Lipinski definition) is 1. The molecule has 1 rings (SSSR count). The number of esters is 1. The van der Waals surface area contributed by atoms with Crippen LogP contribution in [0.5, 0.6) is 0 Å². The Kier molecular flexibility index (Phi) is 4.23. The van der Waals surface area contributed by atoms with Crippen LogP contribution in [0.1, 0.15) is 48.0 Å². The number of carbonyl (C=O) groups excluding carboxylic acids is 1. The third-order valence-corrected chi connectivity index (χ3v) is 3.32. The first kappa shape index (κ1) is 14.5. The number of ether oxygens (including phenoxy) is 1. The summed E-state index contributed by atoms with van der Waals surface area (Å²) in [4.78, 5) is 12.0. The Bertz CT molecular complexity index is 273. The average molecular weight is 241 g/mol.